The maximum atomic E-state index is 4.44. The number of H-pyrrole nitrogens is 1. The van der Waals surface area contributed by atoms with Crippen molar-refractivity contribution in [3.8, 4) is 0 Å². The summed E-state index contributed by atoms with van der Waals surface area (Å²) in [5.74, 6) is 0.738. The highest BCUT2D eigenvalue weighted by Crippen LogP contribution is 2.17. The summed E-state index contributed by atoms with van der Waals surface area (Å²) in [5, 5.41) is 7.40. The second-order valence-electron chi connectivity index (χ2n) is 3.81. The highest BCUT2D eigenvalue weighted by atomic mass is 15.3. The van der Waals surface area contributed by atoms with Crippen LogP contribution in [0.2, 0.25) is 0 Å². The van der Waals surface area contributed by atoms with E-state index in [1.807, 2.05) is 35.1 Å². The number of fused-ring (bicyclic) bond motifs is 1. The molecule has 86 valence electrons. The highest BCUT2D eigenvalue weighted by molar-refractivity contribution is 5.78. The van der Waals surface area contributed by atoms with Gasteiger partial charge in [-0.3, -0.25) is 4.68 Å². The first-order valence-corrected chi connectivity index (χ1v) is 5.59. The Kier molecular flexibility index (Phi) is 2.29. The van der Waals surface area contributed by atoms with Crippen LogP contribution in [0.5, 0.6) is 0 Å². The van der Waals surface area contributed by atoms with Gasteiger partial charge in [0, 0.05) is 12.7 Å². The van der Waals surface area contributed by atoms with Gasteiger partial charge in [-0.15, -0.1) is 0 Å². The fraction of sp³-hybridized carbons (Fsp3) is 0.167. The van der Waals surface area contributed by atoms with Gasteiger partial charge in [0.2, 0.25) is 5.95 Å². The summed E-state index contributed by atoms with van der Waals surface area (Å²) in [4.78, 5) is 7.65. The average Bonchev–Trinajstić information content (AvgIpc) is 2.94. The lowest BCUT2D eigenvalue weighted by molar-refractivity contribution is 0.660. The third-order valence-corrected chi connectivity index (χ3v) is 2.61. The van der Waals surface area contributed by atoms with Crippen LogP contribution in [0.3, 0.4) is 0 Å². The summed E-state index contributed by atoms with van der Waals surface area (Å²) < 4.78 is 1.87. The molecule has 0 radical (unpaired) electrons. The summed E-state index contributed by atoms with van der Waals surface area (Å²) in [6, 6.07) is 7.94. The summed E-state index contributed by atoms with van der Waals surface area (Å²) >= 11 is 0. The minimum Gasteiger partial charge on any atom is -0.324 e. The molecule has 2 N–H and O–H groups in total. The number of rotatable bonds is 3. The van der Waals surface area contributed by atoms with E-state index in [9.17, 15) is 0 Å². The molecule has 0 unspecified atom stereocenters. The number of anilines is 2. The van der Waals surface area contributed by atoms with E-state index in [0.29, 0.717) is 0 Å². The zero-order valence-electron chi connectivity index (χ0n) is 9.51. The molecular formula is C12H13N5. The van der Waals surface area contributed by atoms with Crippen molar-refractivity contribution in [1.29, 1.82) is 0 Å². The van der Waals surface area contributed by atoms with Crippen molar-refractivity contribution in [2.75, 3.05) is 5.32 Å². The van der Waals surface area contributed by atoms with Crippen LogP contribution < -0.4 is 5.32 Å². The van der Waals surface area contributed by atoms with Crippen LogP contribution in [0.15, 0.2) is 36.7 Å². The second-order valence-corrected chi connectivity index (χ2v) is 3.81. The molecule has 0 bridgehead atoms. The zero-order chi connectivity index (χ0) is 11.7. The third-order valence-electron chi connectivity index (χ3n) is 2.61. The predicted octanol–water partition coefficient (Wildman–Crippen LogP) is 2.52. The van der Waals surface area contributed by atoms with E-state index >= 15 is 0 Å². The van der Waals surface area contributed by atoms with Crippen molar-refractivity contribution in [2.45, 2.75) is 13.5 Å². The normalized spacial score (nSPS) is 10.9. The predicted molar refractivity (Wildman–Crippen MR) is 67.3 cm³/mol. The molecule has 3 rings (SSSR count). The molecule has 0 aliphatic heterocycles. The molecule has 0 amide bonds. The van der Waals surface area contributed by atoms with E-state index in [0.717, 1.165) is 29.2 Å². The van der Waals surface area contributed by atoms with Gasteiger partial charge in [-0.2, -0.15) is 5.10 Å². The minimum atomic E-state index is 0.738. The van der Waals surface area contributed by atoms with Crippen molar-refractivity contribution < 1.29 is 0 Å². The standard InChI is InChI=1S/C12H13N5/c1-2-17-8-9(7-13-17)14-12-15-10-5-3-4-6-11(10)16-12/h3-8H,2H2,1H3,(H2,14,15,16). The van der Waals surface area contributed by atoms with E-state index in [-0.39, 0.29) is 0 Å². The fourth-order valence-corrected chi connectivity index (χ4v) is 1.75. The van der Waals surface area contributed by atoms with Gasteiger partial charge in [-0.1, -0.05) is 12.1 Å². The summed E-state index contributed by atoms with van der Waals surface area (Å²) in [5.41, 5.74) is 2.92. The van der Waals surface area contributed by atoms with Gasteiger partial charge in [0.05, 0.1) is 22.9 Å². The Morgan fingerprint density at radius 3 is 3.00 bits per heavy atom. The van der Waals surface area contributed by atoms with Crippen LogP contribution in [0, 0.1) is 0 Å². The lowest BCUT2D eigenvalue weighted by Crippen LogP contribution is -1.93. The maximum absolute atomic E-state index is 4.44. The maximum Gasteiger partial charge on any atom is 0.205 e. The number of aromatic amines is 1. The Hall–Kier alpha value is -2.30. The van der Waals surface area contributed by atoms with Crippen molar-refractivity contribution in [1.82, 2.24) is 19.7 Å². The Bertz CT molecular complexity index is 604. The molecule has 0 saturated carbocycles. The van der Waals surface area contributed by atoms with Crippen LogP contribution in [0.1, 0.15) is 6.92 Å². The van der Waals surface area contributed by atoms with Crippen LogP contribution in [0.4, 0.5) is 11.6 Å². The minimum absolute atomic E-state index is 0.738. The van der Waals surface area contributed by atoms with E-state index < -0.39 is 0 Å². The molecule has 5 heteroatoms. The molecular weight excluding hydrogens is 214 g/mol. The largest absolute Gasteiger partial charge is 0.324 e. The van der Waals surface area contributed by atoms with Crippen molar-refractivity contribution in [3.05, 3.63) is 36.7 Å². The quantitative estimate of drug-likeness (QED) is 0.722. The van der Waals surface area contributed by atoms with Gasteiger partial charge in [0.15, 0.2) is 0 Å². The van der Waals surface area contributed by atoms with E-state index in [2.05, 4.69) is 27.3 Å². The Morgan fingerprint density at radius 2 is 2.24 bits per heavy atom. The molecule has 5 nitrogen and oxygen atoms in total. The smallest absolute Gasteiger partial charge is 0.205 e. The molecule has 0 aliphatic rings. The molecule has 17 heavy (non-hydrogen) atoms. The zero-order valence-corrected chi connectivity index (χ0v) is 9.51. The van der Waals surface area contributed by atoms with Gasteiger partial charge in [0.25, 0.3) is 0 Å². The molecule has 2 aromatic heterocycles. The van der Waals surface area contributed by atoms with Crippen LogP contribution in [-0.2, 0) is 6.54 Å². The number of benzene rings is 1. The van der Waals surface area contributed by atoms with Gasteiger partial charge in [-0.25, -0.2) is 4.98 Å². The molecule has 0 spiro atoms. The number of nitrogens with zero attached hydrogens (tertiary/aromatic N) is 3. The molecule has 1 aromatic carbocycles. The summed E-state index contributed by atoms with van der Waals surface area (Å²) in [6.07, 6.45) is 3.74. The van der Waals surface area contributed by atoms with Crippen LogP contribution in [-0.4, -0.2) is 19.7 Å². The molecule has 0 fully saturated rings. The number of aryl methyl sites for hydroxylation is 1. The molecule has 2 heterocycles. The summed E-state index contributed by atoms with van der Waals surface area (Å²) in [6.45, 7) is 2.92. The van der Waals surface area contributed by atoms with Gasteiger partial charge in [-0.05, 0) is 19.1 Å². The Balaban J connectivity index is 1.89. The van der Waals surface area contributed by atoms with E-state index in [4.69, 9.17) is 0 Å². The lowest BCUT2D eigenvalue weighted by atomic mass is 10.3. The number of hydrogen-bond donors (Lipinski definition) is 2. The average molecular weight is 227 g/mol. The number of para-hydroxylation sites is 2. The van der Waals surface area contributed by atoms with E-state index in [1.54, 1.807) is 6.20 Å². The Labute approximate surface area is 98.5 Å². The first kappa shape index (κ1) is 9.89. The number of nitrogens with one attached hydrogen (secondary N) is 2. The van der Waals surface area contributed by atoms with E-state index in [1.165, 1.54) is 0 Å². The van der Waals surface area contributed by atoms with Gasteiger partial charge >= 0.3 is 0 Å². The highest BCUT2D eigenvalue weighted by Gasteiger charge is 2.03. The molecule has 0 atom stereocenters. The Morgan fingerprint density at radius 1 is 1.35 bits per heavy atom. The molecule has 0 aliphatic carbocycles. The lowest BCUT2D eigenvalue weighted by Gasteiger charge is -1.96. The molecule has 0 saturated heterocycles. The van der Waals surface area contributed by atoms with Crippen molar-refractivity contribution in [2.24, 2.45) is 0 Å². The number of hydrogen-bond acceptors (Lipinski definition) is 3. The van der Waals surface area contributed by atoms with Gasteiger partial charge in [0.1, 0.15) is 0 Å². The first-order valence-electron chi connectivity index (χ1n) is 5.59. The van der Waals surface area contributed by atoms with Crippen LogP contribution >= 0.6 is 0 Å². The first-order chi connectivity index (χ1) is 8.35. The van der Waals surface area contributed by atoms with Gasteiger partial charge < -0.3 is 10.3 Å². The molecule has 3 aromatic rings. The summed E-state index contributed by atoms with van der Waals surface area (Å²) in [7, 11) is 0. The topological polar surface area (TPSA) is 58.5 Å². The van der Waals surface area contributed by atoms with Crippen molar-refractivity contribution in [3.63, 3.8) is 0 Å². The number of imidazole rings is 1. The fourth-order valence-electron chi connectivity index (χ4n) is 1.75. The SMILES string of the molecule is CCn1cc(Nc2nc3ccccc3[nH]2)cn1. The monoisotopic (exact) mass is 227 g/mol. The third kappa shape index (κ3) is 1.87. The second kappa shape index (κ2) is 3.93. The number of aromatic nitrogens is 4. The van der Waals surface area contributed by atoms with Crippen molar-refractivity contribution >= 4 is 22.7 Å². The van der Waals surface area contributed by atoms with Crippen LogP contribution in [0.25, 0.3) is 11.0 Å².